The minimum atomic E-state index is -0.208. The number of methoxy groups -OCH3 is 1. The van der Waals surface area contributed by atoms with Crippen LogP contribution in [-0.2, 0) is 29.2 Å². The highest BCUT2D eigenvalue weighted by Crippen LogP contribution is 2.27. The summed E-state index contributed by atoms with van der Waals surface area (Å²) in [4.78, 5) is 29.6. The number of carbonyl (C=O) groups is 2. The van der Waals surface area contributed by atoms with Gasteiger partial charge in [-0.25, -0.2) is 4.68 Å². The molecule has 5 rings (SSSR count). The van der Waals surface area contributed by atoms with Gasteiger partial charge in [0.05, 0.1) is 20.2 Å². The third kappa shape index (κ3) is 5.38. The Bertz CT molecular complexity index is 1200. The van der Waals surface area contributed by atoms with Crippen molar-refractivity contribution in [2.75, 3.05) is 26.8 Å². The highest BCUT2D eigenvalue weighted by atomic mass is 16.5. The van der Waals surface area contributed by atoms with Gasteiger partial charge in [0.15, 0.2) is 0 Å². The fourth-order valence-corrected chi connectivity index (χ4v) is 4.91. The predicted octanol–water partition coefficient (Wildman–Crippen LogP) is 2.28. The zero-order chi connectivity index (χ0) is 24.9. The van der Waals surface area contributed by atoms with Crippen molar-refractivity contribution in [3.05, 3.63) is 71.0 Å². The van der Waals surface area contributed by atoms with E-state index in [2.05, 4.69) is 26.5 Å². The van der Waals surface area contributed by atoms with E-state index in [1.54, 1.807) is 11.0 Å². The van der Waals surface area contributed by atoms with Gasteiger partial charge in [-0.1, -0.05) is 24.6 Å². The Morgan fingerprint density at radius 2 is 1.89 bits per heavy atom. The van der Waals surface area contributed by atoms with Crippen LogP contribution in [0.2, 0.25) is 0 Å². The fourth-order valence-electron chi connectivity index (χ4n) is 4.91. The standard InChI is InChI=1S/C26H30N6O4/c1-35-26(34)23-4-2-3-11-30(23)15-20-7-10-24-22(14-20)17-31(12-13-36-24)25(33)21-8-5-19(6-9-21)16-32-18-27-28-29-32/h5-10,14,18,23H,2-4,11-13,15-17H2,1H3. The molecule has 2 aliphatic rings. The first-order valence-corrected chi connectivity index (χ1v) is 12.3. The zero-order valence-electron chi connectivity index (χ0n) is 20.4. The highest BCUT2D eigenvalue weighted by Gasteiger charge is 2.30. The van der Waals surface area contributed by atoms with Crippen LogP contribution in [0.3, 0.4) is 0 Å². The number of fused-ring (bicyclic) bond motifs is 1. The van der Waals surface area contributed by atoms with E-state index in [0.29, 0.717) is 38.3 Å². The van der Waals surface area contributed by atoms with Gasteiger partial charge in [0.25, 0.3) is 5.91 Å². The van der Waals surface area contributed by atoms with Gasteiger partial charge in [-0.05, 0) is 65.2 Å². The van der Waals surface area contributed by atoms with E-state index < -0.39 is 0 Å². The van der Waals surface area contributed by atoms with Crippen LogP contribution in [0.1, 0.15) is 46.3 Å². The summed E-state index contributed by atoms with van der Waals surface area (Å²) >= 11 is 0. The quantitative estimate of drug-likeness (QED) is 0.485. The Morgan fingerprint density at radius 3 is 2.67 bits per heavy atom. The smallest absolute Gasteiger partial charge is 0.323 e. The number of benzene rings is 2. The van der Waals surface area contributed by atoms with E-state index in [1.165, 1.54) is 7.11 Å². The molecule has 1 atom stereocenters. The van der Waals surface area contributed by atoms with E-state index in [9.17, 15) is 9.59 Å². The molecule has 2 aromatic carbocycles. The molecule has 0 spiro atoms. The first-order chi connectivity index (χ1) is 17.6. The van der Waals surface area contributed by atoms with Gasteiger partial charge >= 0.3 is 5.97 Å². The van der Waals surface area contributed by atoms with E-state index in [-0.39, 0.29) is 17.9 Å². The van der Waals surface area contributed by atoms with Gasteiger partial charge in [0, 0.05) is 24.2 Å². The molecule has 0 aliphatic carbocycles. The normalized spacial score (nSPS) is 18.1. The summed E-state index contributed by atoms with van der Waals surface area (Å²) in [6.07, 6.45) is 4.47. The lowest BCUT2D eigenvalue weighted by Gasteiger charge is -2.33. The topological polar surface area (TPSA) is 103 Å². The Kier molecular flexibility index (Phi) is 7.22. The summed E-state index contributed by atoms with van der Waals surface area (Å²) < 4.78 is 12.6. The van der Waals surface area contributed by atoms with Gasteiger partial charge in [-0.2, -0.15) is 0 Å². The van der Waals surface area contributed by atoms with Crippen LogP contribution >= 0.6 is 0 Å². The maximum absolute atomic E-state index is 13.3. The first-order valence-electron chi connectivity index (χ1n) is 12.3. The van der Waals surface area contributed by atoms with Gasteiger partial charge < -0.3 is 14.4 Å². The van der Waals surface area contributed by atoms with Crippen molar-refractivity contribution in [2.45, 2.75) is 44.9 Å². The summed E-state index contributed by atoms with van der Waals surface area (Å²) in [5.74, 6) is 0.593. The molecular weight excluding hydrogens is 460 g/mol. The number of likely N-dealkylation sites (tertiary alicyclic amines) is 1. The summed E-state index contributed by atoms with van der Waals surface area (Å²) in [5, 5.41) is 11.2. The van der Waals surface area contributed by atoms with Crippen LogP contribution in [0.15, 0.2) is 48.8 Å². The van der Waals surface area contributed by atoms with Gasteiger partial charge in [0.2, 0.25) is 0 Å². The highest BCUT2D eigenvalue weighted by molar-refractivity contribution is 5.94. The average molecular weight is 491 g/mol. The van der Waals surface area contributed by atoms with E-state index in [4.69, 9.17) is 9.47 Å². The molecule has 1 saturated heterocycles. The maximum atomic E-state index is 13.3. The summed E-state index contributed by atoms with van der Waals surface area (Å²) in [6, 6.07) is 13.4. The van der Waals surface area contributed by atoms with E-state index in [1.807, 2.05) is 41.3 Å². The number of tetrazole rings is 1. The number of nitrogens with zero attached hydrogens (tertiary/aromatic N) is 6. The zero-order valence-corrected chi connectivity index (χ0v) is 20.4. The van der Waals surface area contributed by atoms with Gasteiger partial charge in [-0.15, -0.1) is 5.10 Å². The van der Waals surface area contributed by atoms with Crippen LogP contribution in [0.4, 0.5) is 0 Å². The number of piperidine rings is 1. The predicted molar refractivity (Wildman–Crippen MR) is 130 cm³/mol. The third-order valence-corrected chi connectivity index (χ3v) is 6.80. The van der Waals surface area contributed by atoms with Crippen molar-refractivity contribution in [1.29, 1.82) is 0 Å². The number of amides is 1. The van der Waals surface area contributed by atoms with E-state index >= 15 is 0 Å². The van der Waals surface area contributed by atoms with E-state index in [0.717, 1.165) is 48.2 Å². The number of esters is 1. The van der Waals surface area contributed by atoms with Gasteiger partial charge in [0.1, 0.15) is 24.7 Å². The molecular formula is C26H30N6O4. The fraction of sp³-hybridized carbons (Fsp3) is 0.423. The third-order valence-electron chi connectivity index (χ3n) is 6.80. The van der Waals surface area contributed by atoms with Crippen LogP contribution < -0.4 is 4.74 Å². The van der Waals surface area contributed by atoms with Crippen molar-refractivity contribution in [3.63, 3.8) is 0 Å². The molecule has 0 N–H and O–H groups in total. The molecule has 1 unspecified atom stereocenters. The molecule has 10 heteroatoms. The monoisotopic (exact) mass is 490 g/mol. The lowest BCUT2D eigenvalue weighted by atomic mass is 10.0. The summed E-state index contributed by atoms with van der Waals surface area (Å²) in [7, 11) is 1.45. The van der Waals surface area contributed by atoms with Crippen molar-refractivity contribution < 1.29 is 19.1 Å². The molecule has 0 radical (unpaired) electrons. The first kappa shape index (κ1) is 23.9. The largest absolute Gasteiger partial charge is 0.491 e. The SMILES string of the molecule is COC(=O)C1CCCCN1Cc1ccc2c(c1)CN(C(=O)c1ccc(Cn3cnnn3)cc1)CCO2. The van der Waals surface area contributed by atoms with Crippen molar-refractivity contribution in [1.82, 2.24) is 30.0 Å². The minimum absolute atomic E-state index is 0.0346. The Labute approximate surface area is 209 Å². The average Bonchev–Trinajstić information content (AvgIpc) is 3.33. The van der Waals surface area contributed by atoms with Gasteiger partial charge in [-0.3, -0.25) is 14.5 Å². The lowest BCUT2D eigenvalue weighted by Crippen LogP contribution is -2.44. The molecule has 36 heavy (non-hydrogen) atoms. The summed E-state index contributed by atoms with van der Waals surface area (Å²) in [5.41, 5.74) is 3.70. The second kappa shape index (κ2) is 10.9. The van der Waals surface area contributed by atoms with Crippen LogP contribution in [-0.4, -0.2) is 74.7 Å². The second-order valence-corrected chi connectivity index (χ2v) is 9.23. The molecule has 10 nitrogen and oxygen atoms in total. The number of aromatic nitrogens is 4. The molecule has 0 bridgehead atoms. The van der Waals surface area contributed by atoms with Crippen LogP contribution in [0.5, 0.6) is 5.75 Å². The molecule has 1 aromatic heterocycles. The Hall–Kier alpha value is -3.79. The van der Waals surface area contributed by atoms with Crippen molar-refractivity contribution >= 4 is 11.9 Å². The maximum Gasteiger partial charge on any atom is 0.323 e. The number of hydrogen-bond donors (Lipinski definition) is 0. The Balaban J connectivity index is 1.28. The van der Waals surface area contributed by atoms with Crippen molar-refractivity contribution in [3.8, 4) is 5.75 Å². The minimum Gasteiger partial charge on any atom is -0.491 e. The number of rotatable bonds is 6. The number of hydrogen-bond acceptors (Lipinski definition) is 8. The summed E-state index contributed by atoms with van der Waals surface area (Å²) in [6.45, 7) is 3.47. The second-order valence-electron chi connectivity index (χ2n) is 9.23. The lowest BCUT2D eigenvalue weighted by molar-refractivity contribution is -0.148. The van der Waals surface area contributed by atoms with Crippen LogP contribution in [0, 0.1) is 0 Å². The molecule has 0 saturated carbocycles. The molecule has 188 valence electrons. The number of carbonyl (C=O) groups excluding carboxylic acids is 2. The molecule has 1 amide bonds. The Morgan fingerprint density at radius 1 is 1.06 bits per heavy atom. The number of ether oxygens (including phenoxy) is 2. The molecule has 1 fully saturated rings. The molecule has 3 heterocycles. The van der Waals surface area contributed by atoms with Crippen LogP contribution in [0.25, 0.3) is 0 Å². The van der Waals surface area contributed by atoms with Crippen molar-refractivity contribution in [2.24, 2.45) is 0 Å². The molecule has 2 aliphatic heterocycles. The molecule has 3 aromatic rings.